The first kappa shape index (κ1) is 20.3. The minimum atomic E-state index is -0.831. The molecule has 5 nitrogen and oxygen atoms in total. The lowest BCUT2D eigenvalue weighted by atomic mass is 9.94. The van der Waals surface area contributed by atoms with Crippen molar-refractivity contribution in [2.24, 2.45) is 10.7 Å². The second-order valence-corrected chi connectivity index (χ2v) is 8.61. The predicted octanol–water partition coefficient (Wildman–Crippen LogP) is 4.21. The van der Waals surface area contributed by atoms with Gasteiger partial charge in [0, 0.05) is 5.56 Å². The molecule has 2 aliphatic rings. The van der Waals surface area contributed by atoms with Crippen molar-refractivity contribution in [3.05, 3.63) is 70.8 Å². The zero-order valence-corrected chi connectivity index (χ0v) is 17.7. The molecule has 0 radical (unpaired) electrons. The smallest absolute Gasteiger partial charge is 0.275 e. The van der Waals surface area contributed by atoms with Gasteiger partial charge < -0.3 is 5.73 Å². The zero-order chi connectivity index (χ0) is 21.3. The van der Waals surface area contributed by atoms with Gasteiger partial charge in [0.05, 0.1) is 0 Å². The number of benzene rings is 2. The molecule has 0 bridgehead atoms. The molecule has 1 aliphatic heterocycles. The molecule has 2 aromatic carbocycles. The van der Waals surface area contributed by atoms with E-state index in [9.17, 15) is 9.59 Å². The fraction of sp³-hybridized carbons (Fsp3) is 0.400. The van der Waals surface area contributed by atoms with Crippen LogP contribution in [0.15, 0.2) is 53.5 Å². The Hall–Kier alpha value is -2.95. The number of nitrogens with two attached hydrogens (primary N) is 1. The van der Waals surface area contributed by atoms with Crippen LogP contribution in [-0.4, -0.2) is 28.1 Å². The topological polar surface area (TPSA) is 75.8 Å². The van der Waals surface area contributed by atoms with Gasteiger partial charge in [-0.25, -0.2) is 0 Å². The van der Waals surface area contributed by atoms with Crippen molar-refractivity contribution < 1.29 is 9.59 Å². The van der Waals surface area contributed by atoms with E-state index in [1.165, 1.54) is 0 Å². The molecule has 0 saturated heterocycles. The summed E-state index contributed by atoms with van der Waals surface area (Å²) in [6.07, 6.45) is 5.70. The van der Waals surface area contributed by atoms with Gasteiger partial charge in [-0.3, -0.25) is 19.5 Å². The molecule has 1 spiro atoms. The van der Waals surface area contributed by atoms with E-state index >= 15 is 0 Å². The van der Waals surface area contributed by atoms with Crippen LogP contribution in [0.4, 0.5) is 0 Å². The number of hydrogen-bond donors (Lipinski definition) is 1. The Morgan fingerprint density at radius 2 is 1.47 bits per heavy atom. The van der Waals surface area contributed by atoms with Crippen molar-refractivity contribution in [2.75, 3.05) is 0 Å². The number of nitrogens with zero attached hydrogens (tertiary/aromatic N) is 2. The van der Waals surface area contributed by atoms with Gasteiger partial charge in [-0.2, -0.15) is 0 Å². The number of aliphatic imine (C=N–C) groups is 1. The van der Waals surface area contributed by atoms with Gasteiger partial charge in [0.1, 0.15) is 17.4 Å². The third-order valence-corrected chi connectivity index (χ3v) is 6.34. The average molecular weight is 404 g/mol. The Morgan fingerprint density at radius 1 is 0.933 bits per heavy atom. The summed E-state index contributed by atoms with van der Waals surface area (Å²) in [6.45, 7) is 4.01. The minimum absolute atomic E-state index is 0.204. The SMILES string of the molecule is Cc1ccc(C2=NC3(CCCCCC3)N(C(C(N)=O)c3ccc(C)cc3)C2=O)cc1. The van der Waals surface area contributed by atoms with E-state index in [0.717, 1.165) is 60.8 Å². The molecular weight excluding hydrogens is 374 g/mol. The summed E-state index contributed by atoms with van der Waals surface area (Å²) in [5.41, 5.74) is 9.38. The van der Waals surface area contributed by atoms with Crippen LogP contribution in [0.3, 0.4) is 0 Å². The van der Waals surface area contributed by atoms with Crippen LogP contribution in [0.25, 0.3) is 0 Å². The van der Waals surface area contributed by atoms with E-state index in [-0.39, 0.29) is 5.91 Å². The fourth-order valence-electron chi connectivity index (χ4n) is 4.71. The molecule has 0 aromatic heterocycles. The Kier molecular flexibility index (Phi) is 5.46. The molecule has 4 rings (SSSR count). The zero-order valence-electron chi connectivity index (χ0n) is 17.7. The summed E-state index contributed by atoms with van der Waals surface area (Å²) in [4.78, 5) is 33.2. The average Bonchev–Trinajstić information content (AvgIpc) is 2.86. The van der Waals surface area contributed by atoms with Crippen LogP contribution < -0.4 is 5.73 Å². The number of hydrogen-bond acceptors (Lipinski definition) is 3. The van der Waals surface area contributed by atoms with E-state index < -0.39 is 17.6 Å². The molecule has 1 atom stereocenters. The maximum atomic E-state index is 13.8. The second-order valence-electron chi connectivity index (χ2n) is 8.61. The van der Waals surface area contributed by atoms with Crippen LogP contribution in [0.5, 0.6) is 0 Å². The summed E-state index contributed by atoms with van der Waals surface area (Å²) in [6, 6.07) is 14.7. The highest BCUT2D eigenvalue weighted by molar-refractivity contribution is 6.47. The second kappa shape index (κ2) is 8.05. The Labute approximate surface area is 178 Å². The summed E-state index contributed by atoms with van der Waals surface area (Å²) in [5, 5.41) is 0. The summed E-state index contributed by atoms with van der Waals surface area (Å²) in [5.74, 6) is -0.721. The summed E-state index contributed by atoms with van der Waals surface area (Å²) in [7, 11) is 0. The number of rotatable bonds is 4. The third-order valence-electron chi connectivity index (χ3n) is 6.34. The lowest BCUT2D eigenvalue weighted by Gasteiger charge is -2.40. The van der Waals surface area contributed by atoms with Crippen LogP contribution in [-0.2, 0) is 9.59 Å². The molecule has 2 N–H and O–H groups in total. The van der Waals surface area contributed by atoms with E-state index in [1.54, 1.807) is 4.90 Å². The summed E-state index contributed by atoms with van der Waals surface area (Å²) >= 11 is 0. The van der Waals surface area contributed by atoms with Crippen molar-refractivity contribution in [3.8, 4) is 0 Å². The van der Waals surface area contributed by atoms with E-state index in [4.69, 9.17) is 10.7 Å². The van der Waals surface area contributed by atoms with Gasteiger partial charge in [0.15, 0.2) is 0 Å². The number of carbonyl (C=O) groups is 2. The highest BCUT2D eigenvalue weighted by atomic mass is 16.2. The van der Waals surface area contributed by atoms with Crippen LogP contribution in [0, 0.1) is 13.8 Å². The molecule has 1 aliphatic carbocycles. The maximum absolute atomic E-state index is 13.8. The van der Waals surface area contributed by atoms with Gasteiger partial charge in [0.2, 0.25) is 5.91 Å². The number of aryl methyl sites for hydroxylation is 2. The highest BCUT2D eigenvalue weighted by Crippen LogP contribution is 2.43. The Bertz CT molecular complexity index is 968. The molecule has 156 valence electrons. The van der Waals surface area contributed by atoms with Crippen molar-refractivity contribution in [2.45, 2.75) is 64.1 Å². The molecule has 1 fully saturated rings. The molecule has 1 heterocycles. The minimum Gasteiger partial charge on any atom is -0.368 e. The molecular formula is C25H29N3O2. The molecule has 30 heavy (non-hydrogen) atoms. The lowest BCUT2D eigenvalue weighted by molar-refractivity contribution is -0.140. The molecule has 5 heteroatoms. The predicted molar refractivity (Wildman–Crippen MR) is 118 cm³/mol. The van der Waals surface area contributed by atoms with Crippen molar-refractivity contribution in [1.82, 2.24) is 4.90 Å². The van der Waals surface area contributed by atoms with Gasteiger partial charge in [0.25, 0.3) is 5.91 Å². The standard InChI is InChI=1S/C25H29N3O2/c1-17-7-11-19(12-8-17)21-24(30)28(25(27-21)15-5-3-4-6-16-25)22(23(26)29)20-13-9-18(2)10-14-20/h7-14,22H,3-6,15-16H2,1-2H3,(H2,26,29). The Morgan fingerprint density at radius 3 is 2.00 bits per heavy atom. The van der Waals surface area contributed by atoms with Gasteiger partial charge in [-0.05, 0) is 45.1 Å². The van der Waals surface area contributed by atoms with Crippen molar-refractivity contribution in [1.29, 1.82) is 0 Å². The van der Waals surface area contributed by atoms with Gasteiger partial charge in [-0.1, -0.05) is 72.5 Å². The van der Waals surface area contributed by atoms with Gasteiger partial charge >= 0.3 is 0 Å². The maximum Gasteiger partial charge on any atom is 0.275 e. The summed E-state index contributed by atoms with van der Waals surface area (Å²) < 4.78 is 0. The lowest BCUT2D eigenvalue weighted by Crippen LogP contribution is -2.52. The fourth-order valence-corrected chi connectivity index (χ4v) is 4.71. The molecule has 1 saturated carbocycles. The number of amides is 2. The van der Waals surface area contributed by atoms with Crippen LogP contribution >= 0.6 is 0 Å². The molecule has 2 amide bonds. The van der Waals surface area contributed by atoms with Crippen LogP contribution in [0.2, 0.25) is 0 Å². The first-order chi connectivity index (χ1) is 14.4. The number of primary amides is 1. The Balaban J connectivity index is 1.83. The highest BCUT2D eigenvalue weighted by Gasteiger charge is 2.51. The number of carbonyl (C=O) groups excluding carboxylic acids is 2. The van der Waals surface area contributed by atoms with Crippen LogP contribution in [0.1, 0.15) is 66.8 Å². The largest absolute Gasteiger partial charge is 0.368 e. The first-order valence-electron chi connectivity index (χ1n) is 10.8. The molecule has 1 unspecified atom stereocenters. The van der Waals surface area contributed by atoms with Gasteiger partial charge in [-0.15, -0.1) is 0 Å². The third kappa shape index (κ3) is 3.64. The normalized spacial score (nSPS) is 19.5. The van der Waals surface area contributed by atoms with E-state index in [0.29, 0.717) is 5.71 Å². The quantitative estimate of drug-likeness (QED) is 0.830. The van der Waals surface area contributed by atoms with E-state index in [1.807, 2.05) is 62.4 Å². The van der Waals surface area contributed by atoms with Crippen molar-refractivity contribution in [3.63, 3.8) is 0 Å². The van der Waals surface area contributed by atoms with Crippen molar-refractivity contribution >= 4 is 17.5 Å². The molecule has 2 aromatic rings. The first-order valence-corrected chi connectivity index (χ1v) is 10.8. The van der Waals surface area contributed by atoms with E-state index in [2.05, 4.69) is 0 Å². The monoisotopic (exact) mass is 403 g/mol.